The first-order valence-electron chi connectivity index (χ1n) is 11.1. The van der Waals surface area contributed by atoms with Crippen molar-refractivity contribution in [3.8, 4) is 5.75 Å². The van der Waals surface area contributed by atoms with Gasteiger partial charge in [-0.25, -0.2) is 4.39 Å². The van der Waals surface area contributed by atoms with Crippen LogP contribution in [0, 0.1) is 5.82 Å². The summed E-state index contributed by atoms with van der Waals surface area (Å²) in [6, 6.07) is 14.9. The van der Waals surface area contributed by atoms with Crippen molar-refractivity contribution >= 4 is 17.5 Å². The van der Waals surface area contributed by atoms with Gasteiger partial charge in [-0.1, -0.05) is 25.1 Å². The van der Waals surface area contributed by atoms with E-state index in [1.54, 1.807) is 41.6 Å². The summed E-state index contributed by atoms with van der Waals surface area (Å²) >= 11 is 0. The fourth-order valence-corrected chi connectivity index (χ4v) is 4.05. The lowest BCUT2D eigenvalue weighted by Gasteiger charge is -2.32. The van der Waals surface area contributed by atoms with Crippen LogP contribution in [0.15, 0.2) is 67.0 Å². The number of halogens is 1. The van der Waals surface area contributed by atoms with E-state index >= 15 is 0 Å². The molecule has 1 aliphatic heterocycles. The van der Waals surface area contributed by atoms with Crippen molar-refractivity contribution in [1.29, 1.82) is 0 Å². The molecule has 0 spiro atoms. The molecule has 0 aliphatic carbocycles. The zero-order valence-corrected chi connectivity index (χ0v) is 18.5. The minimum absolute atomic E-state index is 0.00351. The van der Waals surface area contributed by atoms with Crippen LogP contribution in [0.2, 0.25) is 0 Å². The number of aryl methyl sites for hydroxylation is 1. The first-order chi connectivity index (χ1) is 16.0. The second kappa shape index (κ2) is 10.3. The van der Waals surface area contributed by atoms with E-state index < -0.39 is 6.04 Å². The topological polar surface area (TPSA) is 71.5 Å². The minimum Gasteiger partial charge on any atom is -0.484 e. The van der Waals surface area contributed by atoms with Crippen molar-refractivity contribution in [2.45, 2.75) is 32.2 Å². The van der Waals surface area contributed by atoms with Gasteiger partial charge < -0.3 is 15.0 Å². The predicted octanol–water partition coefficient (Wildman–Crippen LogP) is 4.51. The molecular weight excluding hydrogens is 421 g/mol. The van der Waals surface area contributed by atoms with Crippen molar-refractivity contribution in [3.63, 3.8) is 0 Å². The number of rotatable bonds is 8. The average molecular weight is 448 g/mol. The zero-order chi connectivity index (χ0) is 23.2. The van der Waals surface area contributed by atoms with Crippen LogP contribution in [0.5, 0.6) is 5.75 Å². The number of anilines is 1. The summed E-state index contributed by atoms with van der Waals surface area (Å²) in [5, 5.41) is 2.84. The van der Waals surface area contributed by atoms with Crippen LogP contribution < -0.4 is 10.1 Å². The second-order valence-electron chi connectivity index (χ2n) is 7.98. The number of hydrogen-bond acceptors (Lipinski definition) is 4. The van der Waals surface area contributed by atoms with E-state index in [-0.39, 0.29) is 24.2 Å². The molecule has 0 bridgehead atoms. The number of ether oxygens (including phenoxy) is 1. The molecule has 0 radical (unpaired) electrons. The molecule has 33 heavy (non-hydrogen) atoms. The van der Waals surface area contributed by atoms with Gasteiger partial charge in [0, 0.05) is 31.0 Å². The van der Waals surface area contributed by atoms with Gasteiger partial charge in [0.1, 0.15) is 11.6 Å². The van der Waals surface area contributed by atoms with Gasteiger partial charge in [-0.05, 0) is 65.9 Å². The fraction of sp³-hybridized carbons (Fsp3) is 0.269. The van der Waals surface area contributed by atoms with E-state index in [2.05, 4.69) is 10.3 Å². The van der Waals surface area contributed by atoms with Crippen molar-refractivity contribution in [1.82, 2.24) is 9.88 Å². The van der Waals surface area contributed by atoms with Crippen molar-refractivity contribution < 1.29 is 18.7 Å². The Balaban J connectivity index is 1.55. The second-order valence-corrected chi connectivity index (χ2v) is 7.98. The standard InChI is InChI=1S/C26H26FN3O3/c1-2-14-30(26(20-4-3-13-28-16-20)18-5-8-21(27)9-6-18)25(32)17-33-22-10-11-23-19(15-22)7-12-24(31)29-23/h3-6,8-11,13,15-16,26H,2,7,12,14,17H2,1H3,(H,29,31). The summed E-state index contributed by atoms with van der Waals surface area (Å²) in [6.07, 6.45) is 5.23. The normalized spacial score (nSPS) is 13.6. The number of benzene rings is 2. The maximum Gasteiger partial charge on any atom is 0.261 e. The van der Waals surface area contributed by atoms with Crippen LogP contribution in [0.25, 0.3) is 0 Å². The van der Waals surface area contributed by atoms with Crippen LogP contribution in [-0.2, 0) is 16.0 Å². The number of amides is 2. The van der Waals surface area contributed by atoms with Crippen LogP contribution in [-0.4, -0.2) is 34.8 Å². The van der Waals surface area contributed by atoms with E-state index in [0.29, 0.717) is 25.1 Å². The Bertz CT molecular complexity index is 1120. The number of nitrogens with one attached hydrogen (secondary N) is 1. The number of fused-ring (bicyclic) bond motifs is 1. The number of nitrogens with zero attached hydrogens (tertiary/aromatic N) is 2. The number of carbonyl (C=O) groups is 2. The first kappa shape index (κ1) is 22.5. The number of carbonyl (C=O) groups excluding carboxylic acids is 2. The molecule has 3 aromatic rings. The van der Waals surface area contributed by atoms with Crippen molar-refractivity contribution in [2.24, 2.45) is 0 Å². The lowest BCUT2D eigenvalue weighted by molar-refractivity contribution is -0.135. The van der Waals surface area contributed by atoms with Crippen LogP contribution in [0.3, 0.4) is 0 Å². The number of hydrogen-bond donors (Lipinski definition) is 1. The molecule has 0 saturated heterocycles. The van der Waals surface area contributed by atoms with E-state index in [9.17, 15) is 14.0 Å². The first-order valence-corrected chi connectivity index (χ1v) is 11.1. The SMILES string of the molecule is CCCN(C(=O)COc1ccc2c(c1)CCC(=O)N2)C(c1ccc(F)cc1)c1cccnc1. The largest absolute Gasteiger partial charge is 0.484 e. The Labute approximate surface area is 192 Å². The molecule has 1 aromatic heterocycles. The van der Waals surface area contributed by atoms with Gasteiger partial charge in [-0.2, -0.15) is 0 Å². The van der Waals surface area contributed by atoms with Gasteiger partial charge in [-0.15, -0.1) is 0 Å². The molecule has 0 fully saturated rings. The fourth-order valence-electron chi connectivity index (χ4n) is 4.05. The van der Waals surface area contributed by atoms with Gasteiger partial charge in [0.05, 0.1) is 6.04 Å². The summed E-state index contributed by atoms with van der Waals surface area (Å²) in [5.74, 6) is 0.0724. The summed E-state index contributed by atoms with van der Waals surface area (Å²) < 4.78 is 19.4. The van der Waals surface area contributed by atoms with Gasteiger partial charge in [0.15, 0.2) is 6.61 Å². The quantitative estimate of drug-likeness (QED) is 0.552. The smallest absolute Gasteiger partial charge is 0.261 e. The Morgan fingerprint density at radius 3 is 2.70 bits per heavy atom. The highest BCUT2D eigenvalue weighted by Crippen LogP contribution is 2.30. The third-order valence-electron chi connectivity index (χ3n) is 5.62. The van der Waals surface area contributed by atoms with Crippen molar-refractivity contribution in [3.05, 3.63) is 89.5 Å². The average Bonchev–Trinajstić information content (AvgIpc) is 2.84. The monoisotopic (exact) mass is 447 g/mol. The Hall–Kier alpha value is -3.74. The van der Waals surface area contributed by atoms with Crippen LogP contribution in [0.1, 0.15) is 42.5 Å². The van der Waals surface area contributed by atoms with Gasteiger partial charge in [0.25, 0.3) is 5.91 Å². The third kappa shape index (κ3) is 5.37. The molecule has 2 amide bonds. The van der Waals surface area contributed by atoms with E-state index in [4.69, 9.17) is 4.74 Å². The molecule has 1 N–H and O–H groups in total. The highest BCUT2D eigenvalue weighted by Gasteiger charge is 2.27. The zero-order valence-electron chi connectivity index (χ0n) is 18.5. The summed E-state index contributed by atoms with van der Waals surface area (Å²) in [5.41, 5.74) is 3.42. The molecule has 1 atom stereocenters. The molecule has 6 nitrogen and oxygen atoms in total. The lowest BCUT2D eigenvalue weighted by atomic mass is 9.98. The van der Waals surface area contributed by atoms with E-state index in [1.165, 1.54) is 12.1 Å². The molecular formula is C26H26FN3O3. The molecule has 170 valence electrons. The Morgan fingerprint density at radius 1 is 1.15 bits per heavy atom. The summed E-state index contributed by atoms with van der Waals surface area (Å²) in [7, 11) is 0. The minimum atomic E-state index is -0.408. The highest BCUT2D eigenvalue weighted by molar-refractivity contribution is 5.94. The highest BCUT2D eigenvalue weighted by atomic mass is 19.1. The van der Waals surface area contributed by atoms with Gasteiger partial charge in [-0.3, -0.25) is 14.6 Å². The molecule has 4 rings (SSSR count). The van der Waals surface area contributed by atoms with Crippen molar-refractivity contribution in [2.75, 3.05) is 18.5 Å². The molecule has 1 aliphatic rings. The number of aromatic nitrogens is 1. The predicted molar refractivity (Wildman–Crippen MR) is 123 cm³/mol. The Kier molecular flexibility index (Phi) is 6.98. The van der Waals surface area contributed by atoms with E-state index in [0.717, 1.165) is 28.8 Å². The number of pyridine rings is 1. The molecule has 2 heterocycles. The van der Waals surface area contributed by atoms with Gasteiger partial charge in [0.2, 0.25) is 5.91 Å². The molecule has 0 saturated carbocycles. The van der Waals surface area contributed by atoms with Gasteiger partial charge >= 0.3 is 0 Å². The molecule has 2 aromatic carbocycles. The van der Waals surface area contributed by atoms with E-state index in [1.807, 2.05) is 25.1 Å². The Morgan fingerprint density at radius 2 is 1.97 bits per heavy atom. The molecule has 1 unspecified atom stereocenters. The maximum absolute atomic E-state index is 13.6. The maximum atomic E-state index is 13.6. The van der Waals surface area contributed by atoms with Crippen LogP contribution in [0.4, 0.5) is 10.1 Å². The molecule has 7 heteroatoms. The summed E-state index contributed by atoms with van der Waals surface area (Å²) in [6.45, 7) is 2.38. The summed E-state index contributed by atoms with van der Waals surface area (Å²) in [4.78, 5) is 30.9. The third-order valence-corrected chi connectivity index (χ3v) is 5.62. The lowest BCUT2D eigenvalue weighted by Crippen LogP contribution is -2.39. The van der Waals surface area contributed by atoms with Crippen LogP contribution >= 0.6 is 0 Å².